The van der Waals surface area contributed by atoms with Gasteiger partial charge >= 0.3 is 0 Å². The molecule has 0 saturated carbocycles. The molecule has 0 spiro atoms. The third-order valence-corrected chi connectivity index (χ3v) is 4.89. The second-order valence-corrected chi connectivity index (χ2v) is 7.37. The second kappa shape index (κ2) is 7.98. The Hall–Kier alpha value is -2.93. The van der Waals surface area contributed by atoms with E-state index in [2.05, 4.69) is 18.9 Å². The molecule has 148 valence electrons. The second-order valence-electron chi connectivity index (χ2n) is 7.37. The lowest BCUT2D eigenvalue weighted by Crippen LogP contribution is -2.28. The van der Waals surface area contributed by atoms with Crippen LogP contribution in [0.25, 0.3) is 16.9 Å². The quantitative estimate of drug-likeness (QED) is 0.684. The van der Waals surface area contributed by atoms with Crippen molar-refractivity contribution in [2.45, 2.75) is 33.1 Å². The van der Waals surface area contributed by atoms with Crippen LogP contribution in [-0.2, 0) is 0 Å². The Bertz CT molecular complexity index is 1010. The molecule has 2 heterocycles. The molecule has 1 amide bonds. The van der Waals surface area contributed by atoms with Crippen LogP contribution in [0.5, 0.6) is 0 Å². The predicted molar refractivity (Wildman–Crippen MR) is 110 cm³/mol. The Labute approximate surface area is 164 Å². The highest BCUT2D eigenvalue weighted by Gasteiger charge is 2.18. The summed E-state index contributed by atoms with van der Waals surface area (Å²) in [6, 6.07) is 7.65. The van der Waals surface area contributed by atoms with Crippen molar-refractivity contribution in [3.63, 3.8) is 0 Å². The van der Waals surface area contributed by atoms with Crippen molar-refractivity contribution in [1.29, 1.82) is 0 Å². The number of benzene rings is 1. The van der Waals surface area contributed by atoms with Gasteiger partial charge in [0.1, 0.15) is 0 Å². The topological polar surface area (TPSA) is 96.8 Å². The minimum absolute atomic E-state index is 0.0627. The van der Waals surface area contributed by atoms with Crippen LogP contribution in [0.3, 0.4) is 0 Å². The highest BCUT2D eigenvalue weighted by molar-refractivity contribution is 5.96. The number of nitrogen functional groups attached to an aromatic ring is 1. The van der Waals surface area contributed by atoms with Gasteiger partial charge in [0.2, 0.25) is 0 Å². The van der Waals surface area contributed by atoms with Crippen molar-refractivity contribution in [2.75, 3.05) is 25.9 Å². The maximum absolute atomic E-state index is 12.8. The van der Waals surface area contributed by atoms with Crippen molar-refractivity contribution in [3.8, 4) is 11.3 Å². The summed E-state index contributed by atoms with van der Waals surface area (Å²) in [6.07, 6.45) is 2.40. The molecule has 0 radical (unpaired) electrons. The van der Waals surface area contributed by atoms with Crippen molar-refractivity contribution in [2.24, 2.45) is 0 Å². The lowest BCUT2D eigenvalue weighted by Gasteiger charge is -2.18. The van der Waals surface area contributed by atoms with Crippen LogP contribution >= 0.6 is 0 Å². The molecule has 3 rings (SSSR count). The maximum Gasteiger partial charge on any atom is 0.253 e. The fourth-order valence-corrected chi connectivity index (χ4v) is 3.30. The molecule has 1 aromatic carbocycles. The van der Waals surface area contributed by atoms with Gasteiger partial charge in [-0.2, -0.15) is 0 Å². The number of aryl methyl sites for hydroxylation is 1. The third-order valence-electron chi connectivity index (χ3n) is 4.89. The number of rotatable bonds is 6. The van der Waals surface area contributed by atoms with Gasteiger partial charge in [0.15, 0.2) is 11.5 Å². The van der Waals surface area contributed by atoms with Crippen LogP contribution in [-0.4, -0.2) is 50.7 Å². The van der Waals surface area contributed by atoms with E-state index >= 15 is 0 Å². The van der Waals surface area contributed by atoms with Gasteiger partial charge in [-0.3, -0.25) is 4.79 Å². The minimum Gasteiger partial charge on any atom is -0.396 e. The molecular formula is C21H27N5O2. The van der Waals surface area contributed by atoms with Crippen molar-refractivity contribution >= 4 is 17.4 Å². The summed E-state index contributed by atoms with van der Waals surface area (Å²) in [4.78, 5) is 19.2. The van der Waals surface area contributed by atoms with E-state index in [0.29, 0.717) is 24.3 Å². The van der Waals surface area contributed by atoms with Gasteiger partial charge in [-0.15, -0.1) is 5.10 Å². The third kappa shape index (κ3) is 3.71. The molecule has 28 heavy (non-hydrogen) atoms. The first-order valence-corrected chi connectivity index (χ1v) is 9.45. The van der Waals surface area contributed by atoms with Crippen molar-refractivity contribution in [1.82, 2.24) is 19.5 Å². The fourth-order valence-electron chi connectivity index (χ4n) is 3.30. The summed E-state index contributed by atoms with van der Waals surface area (Å²) in [6.45, 7) is 6.62. The van der Waals surface area contributed by atoms with Gasteiger partial charge in [-0.05, 0) is 37.0 Å². The first-order chi connectivity index (χ1) is 13.3. The molecule has 2 aromatic heterocycles. The van der Waals surface area contributed by atoms with E-state index in [1.165, 1.54) is 0 Å². The standard InChI is InChI=1S/C21H27N5O2/c1-13(2)18-19(22)24-26-10-8-17(23-20(18)26)15-7-6-14(3)16(12-15)21(28)25(4)9-5-11-27/h6-8,10,12-13,27H,5,9,11H2,1-4H3,(H2,22,24). The molecule has 7 nitrogen and oxygen atoms in total. The summed E-state index contributed by atoms with van der Waals surface area (Å²) in [5.41, 5.74) is 10.9. The van der Waals surface area contributed by atoms with Crippen LogP contribution in [0.4, 0.5) is 5.82 Å². The van der Waals surface area contributed by atoms with Gasteiger partial charge in [-0.1, -0.05) is 26.0 Å². The monoisotopic (exact) mass is 381 g/mol. The molecule has 0 bridgehead atoms. The molecule has 0 saturated heterocycles. The number of carbonyl (C=O) groups is 1. The van der Waals surface area contributed by atoms with Crippen LogP contribution in [0.15, 0.2) is 30.5 Å². The van der Waals surface area contributed by atoms with Crippen LogP contribution < -0.4 is 5.73 Å². The molecular weight excluding hydrogens is 354 g/mol. The van der Waals surface area contributed by atoms with Gasteiger partial charge in [-0.25, -0.2) is 9.50 Å². The van der Waals surface area contributed by atoms with Gasteiger partial charge in [0, 0.05) is 43.1 Å². The predicted octanol–water partition coefficient (Wildman–Crippen LogP) is 2.86. The zero-order valence-electron chi connectivity index (χ0n) is 16.8. The Morgan fingerprint density at radius 3 is 2.75 bits per heavy atom. The lowest BCUT2D eigenvalue weighted by molar-refractivity contribution is 0.0785. The number of amides is 1. The van der Waals surface area contributed by atoms with Gasteiger partial charge in [0.05, 0.1) is 5.69 Å². The Morgan fingerprint density at radius 1 is 1.32 bits per heavy atom. The number of fused-ring (bicyclic) bond motifs is 1. The van der Waals surface area contributed by atoms with Crippen LogP contribution in [0.1, 0.15) is 47.7 Å². The largest absolute Gasteiger partial charge is 0.396 e. The number of hydrogen-bond acceptors (Lipinski definition) is 5. The van der Waals surface area contributed by atoms with E-state index in [0.717, 1.165) is 28.0 Å². The zero-order valence-corrected chi connectivity index (χ0v) is 16.8. The Morgan fingerprint density at radius 2 is 2.07 bits per heavy atom. The molecule has 3 aromatic rings. The first-order valence-electron chi connectivity index (χ1n) is 9.45. The number of aliphatic hydroxyl groups excluding tert-OH is 1. The number of nitrogens with two attached hydrogens (primary N) is 1. The summed E-state index contributed by atoms with van der Waals surface area (Å²) < 4.78 is 1.69. The van der Waals surface area contributed by atoms with Crippen LogP contribution in [0.2, 0.25) is 0 Å². The Balaban J connectivity index is 2.02. The molecule has 0 aliphatic heterocycles. The molecule has 7 heteroatoms. The SMILES string of the molecule is Cc1ccc(-c2ccn3nc(N)c(C(C)C)c3n2)cc1C(=O)N(C)CCCO. The van der Waals surface area contributed by atoms with Crippen molar-refractivity contribution in [3.05, 3.63) is 47.2 Å². The highest BCUT2D eigenvalue weighted by Crippen LogP contribution is 2.28. The Kier molecular flexibility index (Phi) is 5.65. The van der Waals surface area contributed by atoms with Gasteiger partial charge in [0.25, 0.3) is 5.91 Å². The number of nitrogens with zero attached hydrogens (tertiary/aromatic N) is 4. The fraction of sp³-hybridized carbons (Fsp3) is 0.381. The highest BCUT2D eigenvalue weighted by atomic mass is 16.3. The van der Waals surface area contributed by atoms with Crippen LogP contribution in [0, 0.1) is 6.92 Å². The van der Waals surface area contributed by atoms with E-state index in [1.807, 2.05) is 37.4 Å². The summed E-state index contributed by atoms with van der Waals surface area (Å²) >= 11 is 0. The zero-order chi connectivity index (χ0) is 20.4. The molecule has 0 fully saturated rings. The van der Waals surface area contributed by atoms with E-state index in [1.54, 1.807) is 16.5 Å². The molecule has 0 aliphatic rings. The average molecular weight is 381 g/mol. The molecule has 0 unspecified atom stereocenters. The summed E-state index contributed by atoms with van der Waals surface area (Å²) in [5.74, 6) is 0.630. The van der Waals surface area contributed by atoms with Gasteiger partial charge < -0.3 is 15.7 Å². The normalized spacial score (nSPS) is 11.4. The number of carbonyl (C=O) groups excluding carboxylic acids is 1. The maximum atomic E-state index is 12.8. The number of aromatic nitrogens is 3. The molecule has 0 aliphatic carbocycles. The molecule has 3 N–H and O–H groups in total. The summed E-state index contributed by atoms with van der Waals surface area (Å²) in [5, 5.41) is 13.3. The average Bonchev–Trinajstić information content (AvgIpc) is 3.00. The van der Waals surface area contributed by atoms with E-state index in [-0.39, 0.29) is 18.4 Å². The lowest BCUT2D eigenvalue weighted by atomic mass is 10.0. The molecule has 0 atom stereocenters. The van der Waals surface area contributed by atoms with E-state index in [4.69, 9.17) is 15.8 Å². The number of aliphatic hydroxyl groups is 1. The first kappa shape index (κ1) is 19.8. The number of hydrogen-bond donors (Lipinski definition) is 2. The van der Waals surface area contributed by atoms with E-state index < -0.39 is 0 Å². The number of anilines is 1. The minimum atomic E-state index is -0.0645. The van der Waals surface area contributed by atoms with E-state index in [9.17, 15) is 4.79 Å². The summed E-state index contributed by atoms with van der Waals surface area (Å²) in [7, 11) is 1.75. The smallest absolute Gasteiger partial charge is 0.253 e. The van der Waals surface area contributed by atoms with Crippen molar-refractivity contribution < 1.29 is 9.90 Å².